The van der Waals surface area contributed by atoms with Gasteiger partial charge in [-0.25, -0.2) is 5.01 Å². The second-order valence-electron chi connectivity index (χ2n) is 8.00. The predicted octanol–water partition coefficient (Wildman–Crippen LogP) is 6.53. The van der Waals surface area contributed by atoms with E-state index in [4.69, 9.17) is 14.6 Å². The van der Waals surface area contributed by atoms with Crippen molar-refractivity contribution >= 4 is 54.4 Å². The Hall–Kier alpha value is -3.23. The summed E-state index contributed by atoms with van der Waals surface area (Å²) < 4.78 is 12.9. The molecule has 1 aliphatic rings. The molecular weight excluding hydrogens is 574 g/mol. The van der Waals surface area contributed by atoms with Gasteiger partial charge in [-0.3, -0.25) is 9.78 Å². The Labute approximate surface area is 219 Å². The fourth-order valence-corrected chi connectivity index (χ4v) is 5.50. The molecule has 1 atom stereocenters. The minimum atomic E-state index is -0.240. The van der Waals surface area contributed by atoms with Gasteiger partial charge in [0.2, 0.25) is 0 Å². The van der Waals surface area contributed by atoms with Crippen LogP contribution >= 0.6 is 31.9 Å². The Bertz CT molecular complexity index is 1410. The molecule has 176 valence electrons. The van der Waals surface area contributed by atoms with Gasteiger partial charge in [0.15, 0.2) is 12.4 Å². The molecule has 0 spiro atoms. The number of hydrazone groups is 1. The van der Waals surface area contributed by atoms with Crippen molar-refractivity contribution in [1.29, 1.82) is 0 Å². The average Bonchev–Trinajstić information content (AvgIpc) is 3.35. The second kappa shape index (κ2) is 10.2. The Morgan fingerprint density at radius 3 is 2.54 bits per heavy atom. The number of ether oxygens (including phenoxy) is 2. The van der Waals surface area contributed by atoms with E-state index < -0.39 is 0 Å². The van der Waals surface area contributed by atoms with Crippen LogP contribution in [-0.4, -0.2) is 35.3 Å². The SMILES string of the molecule is COc1ccc(C2CC(c3ccccc3)=NN2C(=O)COc2c(Br)cc(Br)c3cccnc23)cc1. The molecule has 1 unspecified atom stereocenters. The van der Waals surface area contributed by atoms with Crippen LogP contribution in [-0.2, 0) is 4.79 Å². The van der Waals surface area contributed by atoms with Gasteiger partial charge in [0.1, 0.15) is 11.3 Å². The maximum absolute atomic E-state index is 13.4. The summed E-state index contributed by atoms with van der Waals surface area (Å²) in [6.45, 7) is -0.176. The second-order valence-corrected chi connectivity index (χ2v) is 9.71. The van der Waals surface area contributed by atoms with E-state index in [1.165, 1.54) is 5.01 Å². The third-order valence-corrected chi connectivity index (χ3v) is 7.11. The highest BCUT2D eigenvalue weighted by Crippen LogP contribution is 2.38. The number of halogens is 2. The molecular formula is C27H21Br2N3O3. The first kappa shape index (κ1) is 23.5. The number of methoxy groups -OCH3 is 1. The molecule has 3 aromatic carbocycles. The smallest absolute Gasteiger partial charge is 0.281 e. The van der Waals surface area contributed by atoms with Crippen LogP contribution in [0.25, 0.3) is 10.9 Å². The fourth-order valence-electron chi connectivity index (χ4n) is 4.11. The number of amides is 1. The summed E-state index contributed by atoms with van der Waals surface area (Å²) >= 11 is 7.11. The van der Waals surface area contributed by atoms with E-state index in [2.05, 4.69) is 36.8 Å². The van der Waals surface area contributed by atoms with Gasteiger partial charge >= 0.3 is 0 Å². The van der Waals surface area contributed by atoms with E-state index in [0.717, 1.165) is 32.4 Å². The first-order valence-corrected chi connectivity index (χ1v) is 12.6. The summed E-state index contributed by atoms with van der Waals surface area (Å²) in [7, 11) is 1.63. The van der Waals surface area contributed by atoms with Crippen LogP contribution in [0, 0.1) is 0 Å². The maximum atomic E-state index is 13.4. The molecule has 35 heavy (non-hydrogen) atoms. The first-order chi connectivity index (χ1) is 17.0. The molecule has 2 heterocycles. The van der Waals surface area contributed by atoms with Gasteiger partial charge in [0.25, 0.3) is 5.91 Å². The Kier molecular flexibility index (Phi) is 6.83. The minimum Gasteiger partial charge on any atom is -0.497 e. The molecule has 6 nitrogen and oxygen atoms in total. The lowest BCUT2D eigenvalue weighted by Crippen LogP contribution is -2.31. The van der Waals surface area contributed by atoms with Crippen LogP contribution < -0.4 is 9.47 Å². The van der Waals surface area contributed by atoms with Crippen LogP contribution in [0.4, 0.5) is 0 Å². The largest absolute Gasteiger partial charge is 0.497 e. The lowest BCUT2D eigenvalue weighted by atomic mass is 9.98. The van der Waals surface area contributed by atoms with E-state index in [1.807, 2.05) is 72.8 Å². The summed E-state index contributed by atoms with van der Waals surface area (Å²) in [4.78, 5) is 17.9. The summed E-state index contributed by atoms with van der Waals surface area (Å²) in [5.41, 5.74) is 3.50. The molecule has 0 fully saturated rings. The van der Waals surface area contributed by atoms with Crippen LogP contribution in [0.3, 0.4) is 0 Å². The predicted molar refractivity (Wildman–Crippen MR) is 143 cm³/mol. The van der Waals surface area contributed by atoms with Crippen molar-refractivity contribution in [3.05, 3.63) is 99.1 Å². The van der Waals surface area contributed by atoms with Crippen molar-refractivity contribution in [1.82, 2.24) is 9.99 Å². The van der Waals surface area contributed by atoms with Crippen LogP contribution in [0.15, 0.2) is 93.0 Å². The van der Waals surface area contributed by atoms with Crippen molar-refractivity contribution in [2.45, 2.75) is 12.5 Å². The maximum Gasteiger partial charge on any atom is 0.281 e. The molecule has 0 aliphatic carbocycles. The molecule has 8 heteroatoms. The molecule has 0 radical (unpaired) electrons. The molecule has 1 amide bonds. The summed E-state index contributed by atoms with van der Waals surface area (Å²) in [5, 5.41) is 7.16. The molecule has 0 N–H and O–H groups in total. The Morgan fingerprint density at radius 1 is 1.03 bits per heavy atom. The van der Waals surface area contributed by atoms with Crippen molar-refractivity contribution in [2.24, 2.45) is 5.10 Å². The zero-order valence-corrected chi connectivity index (χ0v) is 22.0. The van der Waals surface area contributed by atoms with Crippen molar-refractivity contribution in [3.8, 4) is 11.5 Å². The minimum absolute atomic E-state index is 0.176. The first-order valence-electron chi connectivity index (χ1n) is 11.0. The lowest BCUT2D eigenvalue weighted by Gasteiger charge is -2.22. The molecule has 1 aliphatic heterocycles. The number of pyridine rings is 1. The molecule has 4 aromatic rings. The van der Waals surface area contributed by atoms with E-state index in [-0.39, 0.29) is 18.6 Å². The average molecular weight is 595 g/mol. The number of hydrogen-bond donors (Lipinski definition) is 0. The van der Waals surface area contributed by atoms with E-state index in [9.17, 15) is 4.79 Å². The van der Waals surface area contributed by atoms with Gasteiger partial charge in [-0.15, -0.1) is 0 Å². The lowest BCUT2D eigenvalue weighted by molar-refractivity contribution is -0.135. The van der Waals surface area contributed by atoms with Gasteiger partial charge in [-0.2, -0.15) is 5.10 Å². The molecule has 0 saturated heterocycles. The third kappa shape index (κ3) is 4.81. The number of fused-ring (bicyclic) bond motifs is 1. The zero-order valence-electron chi connectivity index (χ0n) is 18.8. The molecule has 1 aromatic heterocycles. The highest BCUT2D eigenvalue weighted by Gasteiger charge is 2.33. The number of carbonyl (C=O) groups excluding carboxylic acids is 1. The highest BCUT2D eigenvalue weighted by molar-refractivity contribution is 9.11. The van der Waals surface area contributed by atoms with Crippen LogP contribution in [0.5, 0.6) is 11.5 Å². The number of nitrogens with zero attached hydrogens (tertiary/aromatic N) is 3. The summed E-state index contributed by atoms with van der Waals surface area (Å²) in [5.74, 6) is 1.04. The van der Waals surface area contributed by atoms with Gasteiger partial charge < -0.3 is 9.47 Å². The number of rotatable bonds is 6. The third-order valence-electron chi connectivity index (χ3n) is 5.86. The topological polar surface area (TPSA) is 64.0 Å². The monoisotopic (exact) mass is 593 g/mol. The number of carbonyl (C=O) groups is 1. The zero-order chi connectivity index (χ0) is 24.4. The van der Waals surface area contributed by atoms with Crippen LogP contribution in [0.2, 0.25) is 0 Å². The normalized spacial score (nSPS) is 15.2. The van der Waals surface area contributed by atoms with Crippen molar-refractivity contribution < 1.29 is 14.3 Å². The van der Waals surface area contributed by atoms with Crippen molar-refractivity contribution in [3.63, 3.8) is 0 Å². The van der Waals surface area contributed by atoms with E-state index >= 15 is 0 Å². The Balaban J connectivity index is 1.44. The summed E-state index contributed by atoms with van der Waals surface area (Å²) in [6.07, 6.45) is 2.31. The highest BCUT2D eigenvalue weighted by atomic mass is 79.9. The summed E-state index contributed by atoms with van der Waals surface area (Å²) in [6, 6.07) is 23.1. The van der Waals surface area contributed by atoms with Crippen LogP contribution in [0.1, 0.15) is 23.6 Å². The van der Waals surface area contributed by atoms with Gasteiger partial charge in [0.05, 0.1) is 23.3 Å². The number of aromatic nitrogens is 1. The Morgan fingerprint density at radius 2 is 1.80 bits per heavy atom. The van der Waals surface area contributed by atoms with Gasteiger partial charge in [0, 0.05) is 22.5 Å². The molecule has 5 rings (SSSR count). The van der Waals surface area contributed by atoms with Crippen molar-refractivity contribution in [2.75, 3.05) is 13.7 Å². The number of benzene rings is 3. The standard InChI is InChI=1S/C27H21Br2N3O3/c1-34-19-11-9-18(10-12-19)24-15-23(17-6-3-2-4-7-17)31-32(24)25(33)16-35-27-22(29)14-21(28)20-8-5-13-30-26(20)27/h2-14,24H,15-16H2,1H3. The fraction of sp³-hybridized carbons (Fsp3) is 0.148. The van der Waals surface area contributed by atoms with E-state index in [0.29, 0.717) is 22.2 Å². The molecule has 0 bridgehead atoms. The quantitative estimate of drug-likeness (QED) is 0.255. The van der Waals surface area contributed by atoms with E-state index in [1.54, 1.807) is 13.3 Å². The number of hydrogen-bond acceptors (Lipinski definition) is 5. The van der Waals surface area contributed by atoms with Gasteiger partial charge in [-0.05, 0) is 51.3 Å². The molecule has 0 saturated carbocycles. The van der Waals surface area contributed by atoms with Gasteiger partial charge in [-0.1, -0.05) is 64.5 Å².